The van der Waals surface area contributed by atoms with Gasteiger partial charge in [0.1, 0.15) is 18.3 Å². The summed E-state index contributed by atoms with van der Waals surface area (Å²) in [5.41, 5.74) is 0. The molecule has 0 aromatic heterocycles. The average molecular weight is 421 g/mol. The first-order valence-electron chi connectivity index (χ1n) is 10.1. The number of rotatable bonds is 11. The van der Waals surface area contributed by atoms with Crippen LogP contribution >= 0.6 is 0 Å². The van der Waals surface area contributed by atoms with Crippen molar-refractivity contribution >= 4 is 11.8 Å². The molecule has 170 valence electrons. The molecular weight excluding hydrogens is 384 g/mol. The first kappa shape index (κ1) is 25.7. The van der Waals surface area contributed by atoms with Gasteiger partial charge in [0.15, 0.2) is 0 Å². The smallest absolute Gasteiger partial charge is 0.282 e. The molecule has 1 aliphatic heterocycles. The van der Waals surface area contributed by atoms with E-state index in [1.807, 2.05) is 0 Å². The van der Waals surface area contributed by atoms with Crippen LogP contribution in [0.15, 0.2) is 0 Å². The van der Waals surface area contributed by atoms with E-state index in [2.05, 4.69) is 12.2 Å². The Hall–Kier alpha value is -1.30. The molecule has 10 heteroatoms. The lowest BCUT2D eigenvalue weighted by molar-refractivity contribution is -0.290. The number of unbranched alkanes of at least 4 members (excludes halogenated alkanes) is 4. The molecule has 29 heavy (non-hydrogen) atoms. The summed E-state index contributed by atoms with van der Waals surface area (Å²) in [7, 11) is 2.77. The van der Waals surface area contributed by atoms with Crippen LogP contribution in [0.5, 0.6) is 0 Å². The number of aliphatic hydroxyl groups excluding tert-OH is 4. The second kappa shape index (κ2) is 11.8. The largest absolute Gasteiger partial charge is 0.394 e. The minimum absolute atomic E-state index is 0.208. The van der Waals surface area contributed by atoms with Crippen molar-refractivity contribution in [2.75, 3.05) is 20.7 Å². The molecule has 2 amide bonds. The van der Waals surface area contributed by atoms with Crippen molar-refractivity contribution in [2.45, 2.75) is 88.1 Å². The molecule has 10 nitrogen and oxygen atoms in total. The highest BCUT2D eigenvalue weighted by atomic mass is 16.6. The molecule has 0 bridgehead atoms. The van der Waals surface area contributed by atoms with Crippen LogP contribution in [0.25, 0.3) is 0 Å². The number of ether oxygens (including phenoxy) is 1. The van der Waals surface area contributed by atoms with Gasteiger partial charge in [-0.05, 0) is 6.42 Å². The molecule has 0 aromatic carbocycles. The number of hydrogen-bond acceptors (Lipinski definition) is 8. The predicted molar refractivity (Wildman–Crippen MR) is 104 cm³/mol. The molecule has 0 aromatic rings. The maximum Gasteiger partial charge on any atom is 0.282 e. The van der Waals surface area contributed by atoms with Crippen molar-refractivity contribution in [2.24, 2.45) is 0 Å². The van der Waals surface area contributed by atoms with Gasteiger partial charge >= 0.3 is 0 Å². The van der Waals surface area contributed by atoms with Gasteiger partial charge < -0.3 is 40.5 Å². The van der Waals surface area contributed by atoms with Crippen LogP contribution in [-0.2, 0) is 14.3 Å². The Bertz CT molecular complexity index is 532. The molecule has 1 fully saturated rings. The molecule has 1 rings (SSSR count). The minimum Gasteiger partial charge on any atom is -0.394 e. The van der Waals surface area contributed by atoms with E-state index in [1.54, 1.807) is 0 Å². The van der Waals surface area contributed by atoms with Crippen LogP contribution in [0.1, 0.15) is 51.9 Å². The van der Waals surface area contributed by atoms with E-state index in [1.165, 1.54) is 14.1 Å². The van der Waals surface area contributed by atoms with E-state index in [0.29, 0.717) is 6.42 Å². The first-order valence-corrected chi connectivity index (χ1v) is 10.1. The number of likely N-dealkylation sites (N-methyl/N-ethyl adjacent to an activating group) is 1. The lowest BCUT2D eigenvalue weighted by atomic mass is 9.88. The molecule has 1 aliphatic rings. The maximum absolute atomic E-state index is 12.3. The fraction of sp³-hybridized carbons (Fsp3) is 0.895. The Morgan fingerprint density at radius 3 is 2.38 bits per heavy atom. The normalized spacial score (nSPS) is 29.2. The van der Waals surface area contributed by atoms with Gasteiger partial charge in [-0.1, -0.05) is 32.6 Å². The molecule has 0 radical (unpaired) electrons. The second-order valence-corrected chi connectivity index (χ2v) is 7.84. The molecular formula is C19H36N2O8. The van der Waals surface area contributed by atoms with Crippen molar-refractivity contribution in [1.29, 1.82) is 0 Å². The van der Waals surface area contributed by atoms with Gasteiger partial charge in [0.25, 0.3) is 5.91 Å². The molecule has 0 spiro atoms. The van der Waals surface area contributed by atoms with E-state index in [0.717, 1.165) is 30.6 Å². The first-order chi connectivity index (χ1) is 13.6. The summed E-state index contributed by atoms with van der Waals surface area (Å²) in [6.07, 6.45) is -1.94. The van der Waals surface area contributed by atoms with Gasteiger partial charge in [-0.2, -0.15) is 0 Å². The van der Waals surface area contributed by atoms with Gasteiger partial charge in [0.2, 0.25) is 11.7 Å². The summed E-state index contributed by atoms with van der Waals surface area (Å²) < 4.78 is 5.39. The Kier molecular flexibility index (Phi) is 10.4. The van der Waals surface area contributed by atoms with E-state index in [4.69, 9.17) is 9.84 Å². The van der Waals surface area contributed by atoms with Crippen molar-refractivity contribution in [3.05, 3.63) is 0 Å². The fourth-order valence-corrected chi connectivity index (χ4v) is 3.40. The number of amides is 2. The van der Waals surface area contributed by atoms with Crippen molar-refractivity contribution in [3.8, 4) is 0 Å². The van der Waals surface area contributed by atoms with Crippen molar-refractivity contribution in [1.82, 2.24) is 10.2 Å². The standard InChI is InChI=1S/C19H36N2O8/c1-4-5-6-7-8-9-14(25)20-15-12(23)10-19(28,18(27)21(2)3)29-17(15)16(26)13(24)11-22/h12-13,15-17,22-24,26,28H,4-11H2,1-3H3,(H,20,25)/t12-,13+,15+,16+,17+,19?/m0/s1. The number of aliphatic hydroxyl groups is 5. The highest BCUT2D eigenvalue weighted by molar-refractivity contribution is 5.83. The zero-order valence-electron chi connectivity index (χ0n) is 17.5. The van der Waals surface area contributed by atoms with Crippen LogP contribution in [0.3, 0.4) is 0 Å². The highest BCUT2D eigenvalue weighted by Crippen LogP contribution is 2.31. The summed E-state index contributed by atoms with van der Waals surface area (Å²) in [5, 5.41) is 53.0. The molecule has 0 aliphatic carbocycles. The van der Waals surface area contributed by atoms with E-state index in [9.17, 15) is 30.0 Å². The van der Waals surface area contributed by atoms with E-state index < -0.39 is 55.2 Å². The van der Waals surface area contributed by atoms with Gasteiger partial charge in [-0.3, -0.25) is 9.59 Å². The lowest BCUT2D eigenvalue weighted by Crippen LogP contribution is -2.68. The zero-order valence-corrected chi connectivity index (χ0v) is 17.5. The fourth-order valence-electron chi connectivity index (χ4n) is 3.40. The topological polar surface area (TPSA) is 160 Å². The third-order valence-corrected chi connectivity index (χ3v) is 5.08. The van der Waals surface area contributed by atoms with Gasteiger partial charge in [-0.25, -0.2) is 0 Å². The summed E-state index contributed by atoms with van der Waals surface area (Å²) >= 11 is 0. The number of hydrogen-bond donors (Lipinski definition) is 6. The van der Waals surface area contributed by atoms with Crippen LogP contribution in [-0.4, -0.2) is 99.2 Å². The third kappa shape index (κ3) is 7.16. The molecule has 0 saturated carbocycles. The third-order valence-electron chi connectivity index (χ3n) is 5.08. The van der Waals surface area contributed by atoms with Crippen LogP contribution < -0.4 is 5.32 Å². The van der Waals surface area contributed by atoms with Gasteiger partial charge in [0, 0.05) is 26.9 Å². The predicted octanol–water partition coefficient (Wildman–Crippen LogP) is -1.53. The number of carbonyl (C=O) groups excluding carboxylic acids is 2. The van der Waals surface area contributed by atoms with E-state index >= 15 is 0 Å². The monoisotopic (exact) mass is 420 g/mol. The maximum atomic E-state index is 12.3. The van der Waals surface area contributed by atoms with Crippen LogP contribution in [0, 0.1) is 0 Å². The van der Waals surface area contributed by atoms with Crippen LogP contribution in [0.2, 0.25) is 0 Å². The number of nitrogens with one attached hydrogen (secondary N) is 1. The van der Waals surface area contributed by atoms with Gasteiger partial charge in [-0.15, -0.1) is 0 Å². The Balaban J connectivity index is 2.90. The molecule has 1 unspecified atom stereocenters. The molecule has 1 saturated heterocycles. The Labute approximate surface area is 171 Å². The Morgan fingerprint density at radius 2 is 1.83 bits per heavy atom. The molecule has 1 heterocycles. The minimum atomic E-state index is -2.44. The number of nitrogens with zero attached hydrogens (tertiary/aromatic N) is 1. The van der Waals surface area contributed by atoms with Crippen molar-refractivity contribution < 1.29 is 39.9 Å². The zero-order chi connectivity index (χ0) is 22.2. The molecule has 6 atom stereocenters. The summed E-state index contributed by atoms with van der Waals surface area (Å²) in [6, 6.07) is -1.18. The highest BCUT2D eigenvalue weighted by Gasteiger charge is 2.54. The number of carbonyl (C=O) groups is 2. The summed E-state index contributed by atoms with van der Waals surface area (Å²) in [5.74, 6) is -3.67. The average Bonchev–Trinajstić information content (AvgIpc) is 2.67. The van der Waals surface area contributed by atoms with Crippen molar-refractivity contribution in [3.63, 3.8) is 0 Å². The quantitative estimate of drug-likeness (QED) is 0.220. The van der Waals surface area contributed by atoms with Crippen LogP contribution in [0.4, 0.5) is 0 Å². The molecule has 6 N–H and O–H groups in total. The second-order valence-electron chi connectivity index (χ2n) is 7.84. The summed E-state index contributed by atoms with van der Waals surface area (Å²) in [4.78, 5) is 25.6. The summed E-state index contributed by atoms with van der Waals surface area (Å²) in [6.45, 7) is 1.28. The lowest BCUT2D eigenvalue weighted by Gasteiger charge is -2.46. The van der Waals surface area contributed by atoms with E-state index in [-0.39, 0.29) is 12.3 Å². The Morgan fingerprint density at radius 1 is 1.21 bits per heavy atom. The SMILES string of the molecule is CCCCCCCC(=O)N[C@H]1[C@H]([C@H](O)[C@H](O)CO)OC(O)(C(=O)N(C)C)C[C@@H]1O. The van der Waals surface area contributed by atoms with Gasteiger partial charge in [0.05, 0.1) is 18.8 Å².